The summed E-state index contributed by atoms with van der Waals surface area (Å²) >= 11 is 9.32. The number of hydrogen-bond donors (Lipinski definition) is 0. The Bertz CT molecular complexity index is 525. The molecule has 0 aliphatic heterocycles. The molecule has 0 heterocycles. The quantitative estimate of drug-likeness (QED) is 0.700. The fraction of sp³-hybridized carbons (Fsp3) is 0.143. The number of benzene rings is 2. The Hall–Kier alpha value is -0.990. The highest BCUT2D eigenvalue weighted by Gasteiger charge is 2.05. The normalized spacial score (nSPS) is 10.3. The van der Waals surface area contributed by atoms with Crippen molar-refractivity contribution in [3.8, 4) is 11.5 Å². The molecule has 2 aromatic rings. The largest absolute Gasteiger partial charge is 0.457 e. The van der Waals surface area contributed by atoms with E-state index in [2.05, 4.69) is 15.9 Å². The molecule has 0 amide bonds. The van der Waals surface area contributed by atoms with Gasteiger partial charge in [-0.05, 0) is 42.8 Å². The van der Waals surface area contributed by atoms with E-state index in [1.165, 1.54) is 5.56 Å². The zero-order valence-electron chi connectivity index (χ0n) is 9.41. The summed E-state index contributed by atoms with van der Waals surface area (Å²) in [7, 11) is 0. The van der Waals surface area contributed by atoms with Gasteiger partial charge in [-0.3, -0.25) is 0 Å². The van der Waals surface area contributed by atoms with Crippen molar-refractivity contribution in [2.24, 2.45) is 0 Å². The molecule has 0 aliphatic carbocycles. The van der Waals surface area contributed by atoms with Gasteiger partial charge in [0, 0.05) is 10.0 Å². The van der Waals surface area contributed by atoms with Crippen molar-refractivity contribution in [3.63, 3.8) is 0 Å². The first-order valence-corrected chi connectivity index (χ1v) is 6.60. The van der Waals surface area contributed by atoms with Gasteiger partial charge in [-0.2, -0.15) is 0 Å². The highest BCUT2D eigenvalue weighted by Crippen LogP contribution is 2.29. The maximum absolute atomic E-state index is 5.90. The van der Waals surface area contributed by atoms with Crippen LogP contribution in [0.4, 0.5) is 0 Å². The fourth-order valence-electron chi connectivity index (χ4n) is 1.56. The van der Waals surface area contributed by atoms with Gasteiger partial charge in [-0.25, -0.2) is 0 Å². The van der Waals surface area contributed by atoms with Crippen LogP contribution in [0, 0.1) is 6.92 Å². The zero-order valence-corrected chi connectivity index (χ0v) is 11.8. The van der Waals surface area contributed by atoms with Crippen LogP contribution in [0.2, 0.25) is 0 Å². The molecule has 0 radical (unpaired) electrons. The molecule has 0 unspecified atom stereocenters. The van der Waals surface area contributed by atoms with Crippen molar-refractivity contribution in [2.75, 3.05) is 0 Å². The van der Waals surface area contributed by atoms with Crippen molar-refractivity contribution in [1.82, 2.24) is 0 Å². The van der Waals surface area contributed by atoms with E-state index < -0.39 is 0 Å². The van der Waals surface area contributed by atoms with Crippen molar-refractivity contribution in [2.45, 2.75) is 12.8 Å². The minimum absolute atomic E-state index is 0.431. The summed E-state index contributed by atoms with van der Waals surface area (Å²) < 4.78 is 6.84. The first-order chi connectivity index (χ1) is 8.19. The van der Waals surface area contributed by atoms with Gasteiger partial charge in [0.2, 0.25) is 0 Å². The molecule has 88 valence electrons. The Morgan fingerprint density at radius 3 is 2.71 bits per heavy atom. The third kappa shape index (κ3) is 3.24. The second-order valence-corrected chi connectivity index (χ2v) is 4.99. The van der Waals surface area contributed by atoms with Gasteiger partial charge in [0.25, 0.3) is 0 Å². The third-order valence-corrected chi connectivity index (χ3v) is 3.17. The number of halogens is 2. The maximum atomic E-state index is 5.90. The van der Waals surface area contributed by atoms with Gasteiger partial charge < -0.3 is 4.74 Å². The highest BCUT2D eigenvalue weighted by atomic mass is 79.9. The number of ether oxygens (including phenoxy) is 1. The lowest BCUT2D eigenvalue weighted by atomic mass is 10.2. The minimum atomic E-state index is 0.431. The minimum Gasteiger partial charge on any atom is -0.457 e. The third-order valence-electron chi connectivity index (χ3n) is 2.38. The van der Waals surface area contributed by atoms with Crippen molar-refractivity contribution in [3.05, 3.63) is 58.1 Å². The molecular weight excluding hydrogens is 300 g/mol. The predicted molar refractivity (Wildman–Crippen MR) is 75.0 cm³/mol. The molecule has 17 heavy (non-hydrogen) atoms. The molecule has 0 N–H and O–H groups in total. The summed E-state index contributed by atoms with van der Waals surface area (Å²) in [6.07, 6.45) is 0. The molecule has 0 aliphatic rings. The summed E-state index contributed by atoms with van der Waals surface area (Å²) in [5.74, 6) is 2.06. The van der Waals surface area contributed by atoms with Crippen LogP contribution in [-0.4, -0.2) is 0 Å². The van der Waals surface area contributed by atoms with E-state index in [1.54, 1.807) is 0 Å². The van der Waals surface area contributed by atoms with Crippen LogP contribution >= 0.6 is 27.5 Å². The number of hydrogen-bond acceptors (Lipinski definition) is 1. The molecule has 3 heteroatoms. The van der Waals surface area contributed by atoms with E-state index in [0.717, 1.165) is 21.5 Å². The van der Waals surface area contributed by atoms with E-state index in [0.29, 0.717) is 5.88 Å². The van der Waals surface area contributed by atoms with Gasteiger partial charge in [-0.1, -0.05) is 28.1 Å². The Morgan fingerprint density at radius 1 is 1.18 bits per heavy atom. The molecule has 0 saturated carbocycles. The van der Waals surface area contributed by atoms with Gasteiger partial charge in [-0.15, -0.1) is 11.6 Å². The van der Waals surface area contributed by atoms with E-state index in [-0.39, 0.29) is 0 Å². The summed E-state index contributed by atoms with van der Waals surface area (Å²) in [6.45, 7) is 2.04. The first kappa shape index (κ1) is 12.5. The number of alkyl halides is 1. The average molecular weight is 312 g/mol. The average Bonchev–Trinajstić information content (AvgIpc) is 2.31. The van der Waals surface area contributed by atoms with Gasteiger partial charge in [0.05, 0.1) is 5.88 Å². The lowest BCUT2D eigenvalue weighted by Crippen LogP contribution is -1.90. The fourth-order valence-corrected chi connectivity index (χ4v) is 2.18. The van der Waals surface area contributed by atoms with E-state index in [9.17, 15) is 0 Å². The Balaban J connectivity index is 2.29. The van der Waals surface area contributed by atoms with Crippen LogP contribution in [0.5, 0.6) is 11.5 Å². The summed E-state index contributed by atoms with van der Waals surface area (Å²) in [5.41, 5.74) is 2.15. The topological polar surface area (TPSA) is 9.23 Å². The predicted octanol–water partition coefficient (Wildman–Crippen LogP) is 5.29. The van der Waals surface area contributed by atoms with Crippen LogP contribution in [0.25, 0.3) is 0 Å². The second kappa shape index (κ2) is 5.56. The highest BCUT2D eigenvalue weighted by molar-refractivity contribution is 9.10. The van der Waals surface area contributed by atoms with Gasteiger partial charge >= 0.3 is 0 Å². The van der Waals surface area contributed by atoms with Gasteiger partial charge in [0.15, 0.2) is 0 Å². The van der Waals surface area contributed by atoms with Crippen molar-refractivity contribution < 1.29 is 4.74 Å². The molecule has 0 bridgehead atoms. The first-order valence-electron chi connectivity index (χ1n) is 5.28. The molecular formula is C14H12BrClO. The van der Waals surface area contributed by atoms with Crippen LogP contribution in [0.3, 0.4) is 0 Å². The summed E-state index contributed by atoms with van der Waals surface area (Å²) in [5, 5.41) is 0. The standard InChI is InChI=1S/C14H12BrClO/c1-10-3-2-4-13(7-10)17-14-6-5-12(15)8-11(14)9-16/h2-8H,9H2,1H3. The molecule has 0 saturated heterocycles. The molecule has 0 atom stereocenters. The molecule has 2 aromatic carbocycles. The lowest BCUT2D eigenvalue weighted by molar-refractivity contribution is 0.478. The Labute approximate surface area is 115 Å². The molecule has 0 spiro atoms. The van der Waals surface area contributed by atoms with Gasteiger partial charge in [0.1, 0.15) is 11.5 Å². The number of aryl methyl sites for hydroxylation is 1. The van der Waals surface area contributed by atoms with E-state index in [1.807, 2.05) is 49.4 Å². The van der Waals surface area contributed by atoms with Crippen LogP contribution in [0.15, 0.2) is 46.9 Å². The zero-order chi connectivity index (χ0) is 12.3. The smallest absolute Gasteiger partial charge is 0.131 e. The van der Waals surface area contributed by atoms with E-state index >= 15 is 0 Å². The SMILES string of the molecule is Cc1cccc(Oc2ccc(Br)cc2CCl)c1. The monoisotopic (exact) mass is 310 g/mol. The summed E-state index contributed by atoms with van der Waals surface area (Å²) in [4.78, 5) is 0. The second-order valence-electron chi connectivity index (χ2n) is 3.80. The van der Waals surface area contributed by atoms with Crippen LogP contribution in [0.1, 0.15) is 11.1 Å². The summed E-state index contributed by atoms with van der Waals surface area (Å²) in [6, 6.07) is 13.8. The molecule has 1 nitrogen and oxygen atoms in total. The Kier molecular flexibility index (Phi) is 4.08. The molecule has 0 fully saturated rings. The maximum Gasteiger partial charge on any atom is 0.131 e. The number of rotatable bonds is 3. The van der Waals surface area contributed by atoms with Crippen LogP contribution in [-0.2, 0) is 5.88 Å². The lowest BCUT2D eigenvalue weighted by Gasteiger charge is -2.10. The van der Waals surface area contributed by atoms with Crippen LogP contribution < -0.4 is 4.74 Å². The Morgan fingerprint density at radius 2 is 2.00 bits per heavy atom. The van der Waals surface area contributed by atoms with Crippen molar-refractivity contribution in [1.29, 1.82) is 0 Å². The van der Waals surface area contributed by atoms with E-state index in [4.69, 9.17) is 16.3 Å². The molecule has 2 rings (SSSR count). The van der Waals surface area contributed by atoms with Crippen molar-refractivity contribution >= 4 is 27.5 Å². The molecule has 0 aromatic heterocycles.